The van der Waals surface area contributed by atoms with Crippen molar-refractivity contribution in [2.24, 2.45) is 7.05 Å². The van der Waals surface area contributed by atoms with Gasteiger partial charge in [0.25, 0.3) is 11.5 Å². The molecule has 3 rings (SSSR count). The highest BCUT2D eigenvalue weighted by molar-refractivity contribution is 7.12. The van der Waals surface area contributed by atoms with Gasteiger partial charge in [0, 0.05) is 38.6 Å². The molecule has 1 aliphatic rings. The summed E-state index contributed by atoms with van der Waals surface area (Å²) in [6, 6.07) is 2.04. The lowest BCUT2D eigenvalue weighted by Gasteiger charge is -2.33. The molecule has 0 aromatic carbocycles. The van der Waals surface area contributed by atoms with Gasteiger partial charge < -0.3 is 14.8 Å². The fraction of sp³-hybridized carbons (Fsp3) is 0.471. The molecule has 1 fully saturated rings. The summed E-state index contributed by atoms with van der Waals surface area (Å²) in [5.74, 6) is 0.451. The maximum absolute atomic E-state index is 12.5. The number of aryl methyl sites for hydroxylation is 2. The van der Waals surface area contributed by atoms with Crippen LogP contribution in [-0.2, 0) is 13.5 Å². The first-order valence-electron chi connectivity index (χ1n) is 8.24. The molecule has 1 amide bonds. The van der Waals surface area contributed by atoms with Crippen molar-refractivity contribution >= 4 is 23.1 Å². The van der Waals surface area contributed by atoms with Gasteiger partial charge in [-0.2, -0.15) is 0 Å². The van der Waals surface area contributed by atoms with Gasteiger partial charge in [0.2, 0.25) is 0 Å². The second-order valence-electron chi connectivity index (χ2n) is 6.05. The summed E-state index contributed by atoms with van der Waals surface area (Å²) < 4.78 is 1.53. The smallest absolute Gasteiger partial charge is 0.293 e. The van der Waals surface area contributed by atoms with Gasteiger partial charge in [-0.25, -0.2) is 4.98 Å². The van der Waals surface area contributed by atoms with E-state index < -0.39 is 0 Å². The molecular weight excluding hydrogens is 324 g/mol. The molecule has 2 aromatic heterocycles. The van der Waals surface area contributed by atoms with Crippen LogP contribution in [0.5, 0.6) is 0 Å². The Balaban J connectivity index is 1.71. The van der Waals surface area contributed by atoms with Crippen LogP contribution in [0, 0.1) is 0 Å². The van der Waals surface area contributed by atoms with E-state index in [0.717, 1.165) is 36.2 Å². The maximum Gasteiger partial charge on any atom is 0.293 e. The minimum atomic E-state index is -0.101. The Morgan fingerprint density at radius 3 is 3.12 bits per heavy atom. The van der Waals surface area contributed by atoms with Gasteiger partial charge in [0.1, 0.15) is 0 Å². The molecule has 7 heteroatoms. The van der Waals surface area contributed by atoms with E-state index >= 15 is 0 Å². The van der Waals surface area contributed by atoms with Crippen molar-refractivity contribution in [3.8, 4) is 0 Å². The van der Waals surface area contributed by atoms with Crippen molar-refractivity contribution < 1.29 is 4.79 Å². The quantitative estimate of drug-likeness (QED) is 0.917. The monoisotopic (exact) mass is 346 g/mol. The number of nitrogens with one attached hydrogen (secondary N) is 1. The van der Waals surface area contributed by atoms with Crippen molar-refractivity contribution in [3.63, 3.8) is 0 Å². The van der Waals surface area contributed by atoms with E-state index in [1.165, 1.54) is 15.9 Å². The van der Waals surface area contributed by atoms with Gasteiger partial charge >= 0.3 is 0 Å². The fourth-order valence-electron chi connectivity index (χ4n) is 3.05. The van der Waals surface area contributed by atoms with Crippen molar-refractivity contribution in [2.45, 2.75) is 32.2 Å². The van der Waals surface area contributed by atoms with Crippen molar-refractivity contribution in [1.82, 2.24) is 14.9 Å². The Morgan fingerprint density at radius 2 is 2.33 bits per heavy atom. The van der Waals surface area contributed by atoms with Crippen LogP contribution >= 0.6 is 11.3 Å². The molecule has 0 bridgehead atoms. The molecule has 0 radical (unpaired) electrons. The summed E-state index contributed by atoms with van der Waals surface area (Å²) in [4.78, 5) is 31.8. The molecule has 3 heterocycles. The predicted molar refractivity (Wildman–Crippen MR) is 95.9 cm³/mol. The number of anilines is 1. The Hall–Kier alpha value is -2.15. The highest BCUT2D eigenvalue weighted by Gasteiger charge is 2.25. The van der Waals surface area contributed by atoms with Crippen molar-refractivity contribution in [2.75, 3.05) is 18.0 Å². The number of piperidine rings is 1. The second kappa shape index (κ2) is 7.17. The lowest BCUT2D eigenvalue weighted by Crippen LogP contribution is -2.49. The summed E-state index contributed by atoms with van der Waals surface area (Å²) in [7, 11) is 1.72. The zero-order valence-electron chi connectivity index (χ0n) is 14.0. The molecule has 1 N–H and O–H groups in total. The van der Waals surface area contributed by atoms with E-state index in [-0.39, 0.29) is 17.5 Å². The summed E-state index contributed by atoms with van der Waals surface area (Å²) in [5, 5.41) is 5.08. The highest BCUT2D eigenvalue weighted by Crippen LogP contribution is 2.19. The first-order valence-corrected chi connectivity index (χ1v) is 9.12. The van der Waals surface area contributed by atoms with E-state index in [9.17, 15) is 9.59 Å². The standard InChI is InChI=1S/C17H22N4O2S/c1-3-12-6-10-24-14(12)16(22)19-13-5-4-8-21(11-13)15-17(23)20(2)9-7-18-15/h6-7,9-10,13H,3-5,8,11H2,1-2H3,(H,19,22)/t13-/m1/s1. The van der Waals surface area contributed by atoms with Gasteiger partial charge in [0.05, 0.1) is 4.88 Å². The number of carbonyl (C=O) groups excluding carboxylic acids is 1. The topological polar surface area (TPSA) is 67.2 Å². The van der Waals surface area contributed by atoms with E-state index in [0.29, 0.717) is 12.4 Å². The molecule has 6 nitrogen and oxygen atoms in total. The number of carbonyl (C=O) groups is 1. The Morgan fingerprint density at radius 1 is 1.50 bits per heavy atom. The molecule has 1 atom stereocenters. The minimum absolute atomic E-state index is 0.0115. The minimum Gasteiger partial charge on any atom is -0.350 e. The number of nitrogens with zero attached hydrogens (tertiary/aromatic N) is 3. The van der Waals surface area contributed by atoms with Gasteiger partial charge in [-0.1, -0.05) is 6.92 Å². The molecule has 2 aromatic rings. The summed E-state index contributed by atoms with van der Waals surface area (Å²) in [6.07, 6.45) is 5.99. The number of thiophene rings is 1. The molecular formula is C17H22N4O2S. The molecule has 0 aliphatic carbocycles. The summed E-state index contributed by atoms with van der Waals surface area (Å²) in [5.41, 5.74) is 0.986. The molecule has 0 spiro atoms. The van der Waals surface area contributed by atoms with Crippen LogP contribution in [0.15, 0.2) is 28.6 Å². The summed E-state index contributed by atoms with van der Waals surface area (Å²) >= 11 is 1.48. The Bertz CT molecular complexity index is 783. The second-order valence-corrected chi connectivity index (χ2v) is 6.97. The maximum atomic E-state index is 12.5. The van der Waals surface area contributed by atoms with Crippen LogP contribution in [0.25, 0.3) is 0 Å². The van der Waals surface area contributed by atoms with Crippen LogP contribution in [-0.4, -0.2) is 34.6 Å². The Kier molecular flexibility index (Phi) is 4.99. The van der Waals surface area contributed by atoms with Crippen LogP contribution in [0.2, 0.25) is 0 Å². The normalized spacial score (nSPS) is 17.8. The van der Waals surface area contributed by atoms with Gasteiger partial charge in [0.15, 0.2) is 5.82 Å². The van der Waals surface area contributed by atoms with Crippen LogP contribution in [0.4, 0.5) is 5.82 Å². The van der Waals surface area contributed by atoms with Crippen LogP contribution in [0.3, 0.4) is 0 Å². The highest BCUT2D eigenvalue weighted by atomic mass is 32.1. The van der Waals surface area contributed by atoms with Gasteiger partial charge in [-0.05, 0) is 36.3 Å². The van der Waals surface area contributed by atoms with E-state index in [1.54, 1.807) is 19.4 Å². The lowest BCUT2D eigenvalue weighted by molar-refractivity contribution is 0.0936. The fourth-order valence-corrected chi connectivity index (χ4v) is 3.95. The van der Waals surface area contributed by atoms with Crippen LogP contribution < -0.4 is 15.8 Å². The first-order chi connectivity index (χ1) is 11.6. The number of rotatable bonds is 4. The largest absolute Gasteiger partial charge is 0.350 e. The SMILES string of the molecule is CCc1ccsc1C(=O)N[C@@H]1CCCN(c2nccn(C)c2=O)C1. The molecule has 1 saturated heterocycles. The molecule has 0 unspecified atom stereocenters. The molecule has 0 saturated carbocycles. The number of hydrogen-bond donors (Lipinski definition) is 1. The van der Waals surface area contributed by atoms with Gasteiger partial charge in [-0.15, -0.1) is 11.3 Å². The third-order valence-corrected chi connectivity index (χ3v) is 5.34. The zero-order chi connectivity index (χ0) is 17.1. The zero-order valence-corrected chi connectivity index (χ0v) is 14.8. The third kappa shape index (κ3) is 3.36. The van der Waals surface area contributed by atoms with Crippen LogP contribution in [0.1, 0.15) is 35.0 Å². The lowest BCUT2D eigenvalue weighted by atomic mass is 10.1. The first kappa shape index (κ1) is 16.7. The average molecular weight is 346 g/mol. The number of amides is 1. The molecule has 1 aliphatic heterocycles. The predicted octanol–water partition coefficient (Wildman–Crippen LogP) is 1.80. The molecule has 128 valence electrons. The van der Waals surface area contributed by atoms with Gasteiger partial charge in [-0.3, -0.25) is 9.59 Å². The summed E-state index contributed by atoms with van der Waals surface area (Å²) in [6.45, 7) is 3.46. The average Bonchev–Trinajstić information content (AvgIpc) is 3.06. The van der Waals surface area contributed by atoms with E-state index in [4.69, 9.17) is 0 Å². The van der Waals surface area contributed by atoms with E-state index in [2.05, 4.69) is 17.2 Å². The number of aromatic nitrogens is 2. The third-order valence-electron chi connectivity index (χ3n) is 4.39. The number of hydrogen-bond acceptors (Lipinski definition) is 5. The van der Waals surface area contributed by atoms with Crippen molar-refractivity contribution in [1.29, 1.82) is 0 Å². The van der Waals surface area contributed by atoms with E-state index in [1.807, 2.05) is 16.3 Å². The molecule has 24 heavy (non-hydrogen) atoms. The Labute approximate surface area is 145 Å². The van der Waals surface area contributed by atoms with Crippen molar-refractivity contribution in [3.05, 3.63) is 44.6 Å².